The average molecular weight is 484 g/mol. The van der Waals surface area contributed by atoms with E-state index >= 15 is 0 Å². The summed E-state index contributed by atoms with van der Waals surface area (Å²) in [7, 11) is -4.07. The molecule has 3 aromatic carbocycles. The van der Waals surface area contributed by atoms with Crippen LogP contribution in [0, 0.1) is 0 Å². The number of hydrogen-bond acceptors (Lipinski definition) is 7. The molecule has 0 saturated heterocycles. The number of fused-ring (bicyclic) bond motifs is 1. The molecule has 0 aliphatic heterocycles. The van der Waals surface area contributed by atoms with Crippen molar-refractivity contribution in [2.75, 3.05) is 28.4 Å². The van der Waals surface area contributed by atoms with Crippen LogP contribution in [0.1, 0.15) is 0 Å². The number of aromatic nitrogens is 2. The van der Waals surface area contributed by atoms with Crippen LogP contribution in [0.4, 0.5) is 17.3 Å². The van der Waals surface area contributed by atoms with Gasteiger partial charge in [0.05, 0.1) is 9.79 Å². The van der Waals surface area contributed by atoms with Crippen LogP contribution in [-0.2, 0) is 20.0 Å². The molecule has 9 nitrogen and oxygen atoms in total. The van der Waals surface area contributed by atoms with E-state index in [0.29, 0.717) is 5.39 Å². The maximum Gasteiger partial charge on any atom is 0.264 e. The van der Waals surface area contributed by atoms with Crippen molar-refractivity contribution >= 4 is 48.1 Å². The van der Waals surface area contributed by atoms with Crippen molar-refractivity contribution in [2.24, 2.45) is 0 Å². The third-order valence-electron chi connectivity index (χ3n) is 4.84. The molecule has 2 N–H and O–H groups in total. The first-order chi connectivity index (χ1) is 15.7. The number of nitrogens with one attached hydrogen (secondary N) is 2. The minimum atomic E-state index is -3.93. The van der Waals surface area contributed by atoms with Gasteiger partial charge in [-0.2, -0.15) is 0 Å². The fraction of sp³-hybridized carbons (Fsp3) is 0.0909. The molecule has 33 heavy (non-hydrogen) atoms. The van der Waals surface area contributed by atoms with Gasteiger partial charge in [-0.05, 0) is 42.5 Å². The highest BCUT2D eigenvalue weighted by molar-refractivity contribution is 7.93. The zero-order chi connectivity index (χ0) is 23.6. The Morgan fingerprint density at radius 1 is 0.697 bits per heavy atom. The van der Waals surface area contributed by atoms with Crippen LogP contribution in [-0.4, -0.2) is 40.9 Å². The van der Waals surface area contributed by atoms with E-state index in [9.17, 15) is 16.8 Å². The van der Waals surface area contributed by atoms with Gasteiger partial charge in [-0.25, -0.2) is 31.5 Å². The van der Waals surface area contributed by atoms with Gasteiger partial charge in [0.25, 0.3) is 20.0 Å². The second-order valence-corrected chi connectivity index (χ2v) is 10.7. The van der Waals surface area contributed by atoms with E-state index in [1.807, 2.05) is 31.1 Å². The number of nitrogens with zero attached hydrogens (tertiary/aromatic N) is 3. The quantitative estimate of drug-likeness (QED) is 0.414. The van der Waals surface area contributed by atoms with Gasteiger partial charge in [-0.1, -0.05) is 24.3 Å². The van der Waals surface area contributed by atoms with Crippen LogP contribution < -0.4 is 14.3 Å². The number of benzene rings is 3. The Morgan fingerprint density at radius 2 is 1.33 bits per heavy atom. The molecule has 4 aromatic rings. The third kappa shape index (κ3) is 4.73. The van der Waals surface area contributed by atoms with Gasteiger partial charge in [0.2, 0.25) is 5.95 Å². The minimum absolute atomic E-state index is 0.0568. The first-order valence-electron chi connectivity index (χ1n) is 9.79. The normalized spacial score (nSPS) is 11.8. The Bertz CT molecular complexity index is 1510. The van der Waals surface area contributed by atoms with E-state index in [-0.39, 0.29) is 21.4 Å². The maximum absolute atomic E-state index is 13.1. The summed E-state index contributed by atoms with van der Waals surface area (Å²) in [6.07, 6.45) is 2.83. The highest BCUT2D eigenvalue weighted by atomic mass is 32.2. The lowest BCUT2D eigenvalue weighted by Gasteiger charge is -2.17. The maximum atomic E-state index is 13.1. The zero-order valence-corrected chi connectivity index (χ0v) is 19.4. The molecule has 0 fully saturated rings. The van der Waals surface area contributed by atoms with Crippen molar-refractivity contribution in [2.45, 2.75) is 9.79 Å². The second kappa shape index (κ2) is 8.68. The summed E-state index contributed by atoms with van der Waals surface area (Å²) in [5, 5.41) is 1.39. The molecule has 0 saturated carbocycles. The molecular formula is C22H21N5O4S2. The number of sulfonamides is 2. The van der Waals surface area contributed by atoms with Crippen LogP contribution >= 0.6 is 0 Å². The Morgan fingerprint density at radius 3 is 2.00 bits per heavy atom. The zero-order valence-electron chi connectivity index (χ0n) is 17.8. The average Bonchev–Trinajstić information content (AvgIpc) is 2.78. The summed E-state index contributed by atoms with van der Waals surface area (Å²) < 4.78 is 56.1. The topological polar surface area (TPSA) is 121 Å². The third-order valence-corrected chi connectivity index (χ3v) is 7.62. The van der Waals surface area contributed by atoms with Gasteiger partial charge in [0.1, 0.15) is 0 Å². The first-order valence-corrected chi connectivity index (χ1v) is 12.8. The summed E-state index contributed by atoms with van der Waals surface area (Å²) in [6.45, 7) is 0. The summed E-state index contributed by atoms with van der Waals surface area (Å²) in [4.78, 5) is 9.66. The highest BCUT2D eigenvalue weighted by Gasteiger charge is 2.20. The van der Waals surface area contributed by atoms with Crippen LogP contribution in [0.25, 0.3) is 10.8 Å². The first kappa shape index (κ1) is 22.5. The molecule has 0 spiro atoms. The molecule has 170 valence electrons. The monoisotopic (exact) mass is 483 g/mol. The smallest absolute Gasteiger partial charge is 0.264 e. The van der Waals surface area contributed by atoms with E-state index in [1.54, 1.807) is 24.3 Å². The minimum Gasteiger partial charge on any atom is -0.377 e. The lowest BCUT2D eigenvalue weighted by Crippen LogP contribution is -2.16. The summed E-state index contributed by atoms with van der Waals surface area (Å²) in [6, 6.07) is 17.5. The Labute approximate surface area is 192 Å². The Hall–Kier alpha value is -3.70. The summed E-state index contributed by atoms with van der Waals surface area (Å²) in [5.74, 6) is -0.0599. The second-order valence-electron chi connectivity index (χ2n) is 7.33. The van der Waals surface area contributed by atoms with E-state index < -0.39 is 20.0 Å². The van der Waals surface area contributed by atoms with Crippen LogP contribution in [0.3, 0.4) is 0 Å². The van der Waals surface area contributed by atoms with Gasteiger partial charge in [0, 0.05) is 48.6 Å². The van der Waals surface area contributed by atoms with Crippen LogP contribution in [0.5, 0.6) is 0 Å². The van der Waals surface area contributed by atoms with Crippen LogP contribution in [0.15, 0.2) is 88.9 Å². The van der Waals surface area contributed by atoms with Gasteiger partial charge in [0.15, 0.2) is 0 Å². The number of rotatable bonds is 7. The van der Waals surface area contributed by atoms with Gasteiger partial charge in [-0.3, -0.25) is 4.72 Å². The van der Waals surface area contributed by atoms with Crippen molar-refractivity contribution in [3.8, 4) is 0 Å². The Balaban J connectivity index is 1.61. The lowest BCUT2D eigenvalue weighted by molar-refractivity contribution is 0.600. The predicted octanol–water partition coefficient (Wildman–Crippen LogP) is 3.30. The van der Waals surface area contributed by atoms with Gasteiger partial charge < -0.3 is 4.90 Å². The molecular weight excluding hydrogens is 462 g/mol. The van der Waals surface area contributed by atoms with Crippen molar-refractivity contribution in [1.82, 2.24) is 9.97 Å². The van der Waals surface area contributed by atoms with E-state index in [4.69, 9.17) is 0 Å². The molecule has 0 bridgehead atoms. The molecule has 0 aliphatic carbocycles. The predicted molar refractivity (Wildman–Crippen MR) is 128 cm³/mol. The SMILES string of the molecule is CN(C)c1cccc2c(S(=O)(=O)Nc3ccc(S(=O)(=O)Nc4ncccn4)cc3)cccc12. The van der Waals surface area contributed by atoms with Crippen molar-refractivity contribution in [3.63, 3.8) is 0 Å². The number of anilines is 3. The molecule has 1 heterocycles. The fourth-order valence-electron chi connectivity index (χ4n) is 3.33. The largest absolute Gasteiger partial charge is 0.377 e. The van der Waals surface area contributed by atoms with E-state index in [2.05, 4.69) is 19.4 Å². The van der Waals surface area contributed by atoms with Gasteiger partial charge >= 0.3 is 0 Å². The molecule has 1 aromatic heterocycles. The van der Waals surface area contributed by atoms with Crippen molar-refractivity contribution in [1.29, 1.82) is 0 Å². The van der Waals surface area contributed by atoms with Crippen molar-refractivity contribution < 1.29 is 16.8 Å². The van der Waals surface area contributed by atoms with E-state index in [0.717, 1.165) is 11.1 Å². The highest BCUT2D eigenvalue weighted by Crippen LogP contribution is 2.31. The summed E-state index contributed by atoms with van der Waals surface area (Å²) in [5.41, 5.74) is 1.12. The lowest BCUT2D eigenvalue weighted by atomic mass is 10.1. The molecule has 11 heteroatoms. The van der Waals surface area contributed by atoms with E-state index in [1.165, 1.54) is 42.7 Å². The molecule has 0 unspecified atom stereocenters. The molecule has 0 atom stereocenters. The molecule has 4 rings (SSSR count). The van der Waals surface area contributed by atoms with Gasteiger partial charge in [-0.15, -0.1) is 0 Å². The standard InChI is InChI=1S/C22H21N5O4S2/c1-27(2)20-8-3-7-19-18(20)6-4-9-21(19)33(30,31)25-16-10-12-17(13-11-16)32(28,29)26-22-23-14-5-15-24-22/h3-15,25H,1-2H3,(H,23,24,26). The fourth-order valence-corrected chi connectivity index (χ4v) is 5.57. The molecule has 0 radical (unpaired) electrons. The van der Waals surface area contributed by atoms with Crippen LogP contribution in [0.2, 0.25) is 0 Å². The Kier molecular flexibility index (Phi) is 5.91. The van der Waals surface area contributed by atoms with Crippen molar-refractivity contribution in [3.05, 3.63) is 79.1 Å². The molecule has 0 aliphatic rings. The number of hydrogen-bond donors (Lipinski definition) is 2. The summed E-state index contributed by atoms with van der Waals surface area (Å²) >= 11 is 0. The molecule has 0 amide bonds.